The van der Waals surface area contributed by atoms with E-state index < -0.39 is 28.5 Å². The smallest absolute Gasteiger partial charge is 0.264 e. The topological polar surface area (TPSA) is 114 Å². The molecule has 11 heteroatoms. The number of methoxy groups -OCH3 is 3. The van der Waals surface area contributed by atoms with Crippen molar-refractivity contribution < 1.29 is 32.2 Å². The lowest BCUT2D eigenvalue weighted by Gasteiger charge is -2.35. The number of carbonyl (C=O) groups is 2. The molecule has 1 fully saturated rings. The average molecular weight is 728 g/mol. The van der Waals surface area contributed by atoms with Gasteiger partial charge in [0, 0.05) is 25.1 Å². The first-order valence-electron chi connectivity index (χ1n) is 17.6. The van der Waals surface area contributed by atoms with Gasteiger partial charge < -0.3 is 24.4 Å². The van der Waals surface area contributed by atoms with E-state index in [1.54, 1.807) is 19.2 Å². The number of hydrogen-bond donors (Lipinski definition) is 1. The van der Waals surface area contributed by atoms with Crippen LogP contribution in [0.2, 0.25) is 0 Å². The molecule has 0 saturated heterocycles. The Morgan fingerprint density at radius 1 is 0.769 bits per heavy atom. The molecular formula is C41H49N3O7S. The van der Waals surface area contributed by atoms with Gasteiger partial charge >= 0.3 is 0 Å². The number of anilines is 1. The predicted octanol–water partition coefficient (Wildman–Crippen LogP) is 6.61. The maximum Gasteiger partial charge on any atom is 0.264 e. The predicted molar refractivity (Wildman–Crippen MR) is 202 cm³/mol. The van der Waals surface area contributed by atoms with Crippen molar-refractivity contribution in [2.45, 2.75) is 75.9 Å². The Kier molecular flexibility index (Phi) is 12.8. The highest BCUT2D eigenvalue weighted by molar-refractivity contribution is 7.92. The Hall–Kier alpha value is -5.03. The minimum Gasteiger partial charge on any atom is -0.497 e. The summed E-state index contributed by atoms with van der Waals surface area (Å²) in [7, 11) is 0.117. The molecule has 0 aromatic heterocycles. The van der Waals surface area contributed by atoms with Crippen molar-refractivity contribution in [1.29, 1.82) is 0 Å². The number of sulfonamides is 1. The minimum atomic E-state index is -4.36. The second kappa shape index (κ2) is 17.5. The summed E-state index contributed by atoms with van der Waals surface area (Å²) in [6.45, 7) is 3.23. The van der Waals surface area contributed by atoms with Gasteiger partial charge in [-0.15, -0.1) is 0 Å². The molecule has 2 amide bonds. The first-order chi connectivity index (χ1) is 25.0. The summed E-state index contributed by atoms with van der Waals surface area (Å²) in [6.07, 6.45) is 5.17. The highest BCUT2D eigenvalue weighted by atomic mass is 32.2. The zero-order chi connectivity index (χ0) is 37.3. The van der Waals surface area contributed by atoms with Gasteiger partial charge in [-0.1, -0.05) is 67.8 Å². The Bertz CT molecular complexity index is 1920. The fourth-order valence-corrected chi connectivity index (χ4v) is 8.21. The van der Waals surface area contributed by atoms with Crippen LogP contribution >= 0.6 is 0 Å². The third-order valence-corrected chi connectivity index (χ3v) is 11.2. The average Bonchev–Trinajstić information content (AvgIpc) is 3.15. The number of aryl methyl sites for hydroxylation is 2. The summed E-state index contributed by atoms with van der Waals surface area (Å²) in [6, 6.07) is 25.7. The molecule has 0 aliphatic heterocycles. The number of hydrogen-bond acceptors (Lipinski definition) is 7. The van der Waals surface area contributed by atoms with E-state index in [-0.39, 0.29) is 35.6 Å². The normalized spacial score (nSPS) is 13.9. The van der Waals surface area contributed by atoms with E-state index in [1.165, 1.54) is 37.3 Å². The molecule has 1 atom stereocenters. The van der Waals surface area contributed by atoms with Crippen LogP contribution in [0.4, 0.5) is 5.69 Å². The van der Waals surface area contributed by atoms with E-state index in [0.29, 0.717) is 17.2 Å². The Morgan fingerprint density at radius 3 is 2.10 bits per heavy atom. The highest BCUT2D eigenvalue weighted by Gasteiger charge is 2.36. The summed E-state index contributed by atoms with van der Waals surface area (Å²) >= 11 is 0. The molecule has 1 N–H and O–H groups in total. The summed E-state index contributed by atoms with van der Waals surface area (Å²) in [5, 5.41) is 3.25. The van der Waals surface area contributed by atoms with Crippen molar-refractivity contribution in [3.63, 3.8) is 0 Å². The van der Waals surface area contributed by atoms with Crippen LogP contribution in [0.5, 0.6) is 17.2 Å². The molecule has 52 heavy (non-hydrogen) atoms. The molecular weight excluding hydrogens is 679 g/mol. The van der Waals surface area contributed by atoms with E-state index in [4.69, 9.17) is 14.2 Å². The molecule has 0 heterocycles. The van der Waals surface area contributed by atoms with Gasteiger partial charge in [0.25, 0.3) is 10.0 Å². The molecule has 0 spiro atoms. The van der Waals surface area contributed by atoms with Crippen molar-refractivity contribution in [1.82, 2.24) is 10.2 Å². The summed E-state index contributed by atoms with van der Waals surface area (Å²) in [4.78, 5) is 30.8. The molecule has 0 radical (unpaired) electrons. The van der Waals surface area contributed by atoms with E-state index in [2.05, 4.69) is 5.32 Å². The summed E-state index contributed by atoms with van der Waals surface area (Å²) in [5.41, 5.74) is 3.60. The van der Waals surface area contributed by atoms with Crippen LogP contribution in [-0.2, 0) is 32.6 Å². The molecule has 4 aromatic carbocycles. The molecule has 0 unspecified atom stereocenters. The van der Waals surface area contributed by atoms with Crippen molar-refractivity contribution >= 4 is 27.5 Å². The van der Waals surface area contributed by atoms with Gasteiger partial charge in [0.2, 0.25) is 11.8 Å². The van der Waals surface area contributed by atoms with Gasteiger partial charge in [-0.3, -0.25) is 13.9 Å². The lowest BCUT2D eigenvalue weighted by molar-refractivity contribution is -0.140. The highest BCUT2D eigenvalue weighted by Crippen LogP contribution is 2.33. The fourth-order valence-electron chi connectivity index (χ4n) is 6.79. The second-order valence-electron chi connectivity index (χ2n) is 13.3. The number of rotatable bonds is 15. The zero-order valence-corrected chi connectivity index (χ0v) is 31.4. The van der Waals surface area contributed by atoms with Crippen LogP contribution in [0.15, 0.2) is 95.9 Å². The van der Waals surface area contributed by atoms with Gasteiger partial charge in [0.05, 0.1) is 31.9 Å². The van der Waals surface area contributed by atoms with E-state index in [1.807, 2.05) is 74.5 Å². The summed E-state index contributed by atoms with van der Waals surface area (Å²) in [5.74, 6) is 0.396. The molecule has 1 saturated carbocycles. The first kappa shape index (κ1) is 38.2. The van der Waals surface area contributed by atoms with Gasteiger partial charge in [0.15, 0.2) is 11.5 Å². The van der Waals surface area contributed by atoms with Crippen LogP contribution in [0.1, 0.15) is 54.4 Å². The second-order valence-corrected chi connectivity index (χ2v) is 15.2. The first-order valence-corrected chi connectivity index (χ1v) is 19.1. The zero-order valence-electron chi connectivity index (χ0n) is 30.6. The van der Waals surface area contributed by atoms with Gasteiger partial charge in [-0.05, 0) is 85.3 Å². The third-order valence-electron chi connectivity index (χ3n) is 9.43. The third kappa shape index (κ3) is 9.44. The Balaban J connectivity index is 1.61. The van der Waals surface area contributed by atoms with Crippen LogP contribution in [-0.4, -0.2) is 65.1 Å². The lowest BCUT2D eigenvalue weighted by Crippen LogP contribution is -2.55. The molecule has 5 rings (SSSR count). The van der Waals surface area contributed by atoms with Crippen LogP contribution < -0.4 is 23.8 Å². The van der Waals surface area contributed by atoms with Crippen molar-refractivity contribution in [2.24, 2.45) is 0 Å². The van der Waals surface area contributed by atoms with Crippen molar-refractivity contribution in [2.75, 3.05) is 32.2 Å². The van der Waals surface area contributed by atoms with E-state index in [9.17, 15) is 18.0 Å². The molecule has 4 aromatic rings. The van der Waals surface area contributed by atoms with Crippen LogP contribution in [0.25, 0.3) is 0 Å². The van der Waals surface area contributed by atoms with Crippen LogP contribution in [0.3, 0.4) is 0 Å². The summed E-state index contributed by atoms with van der Waals surface area (Å²) < 4.78 is 46.7. The van der Waals surface area contributed by atoms with Crippen LogP contribution in [0, 0.1) is 13.8 Å². The van der Waals surface area contributed by atoms with Gasteiger partial charge in [-0.25, -0.2) is 8.42 Å². The number of nitrogens with zero attached hydrogens (tertiary/aromatic N) is 2. The minimum absolute atomic E-state index is 0.00509. The Morgan fingerprint density at radius 2 is 1.44 bits per heavy atom. The van der Waals surface area contributed by atoms with Crippen molar-refractivity contribution in [3.8, 4) is 17.2 Å². The number of ether oxygens (including phenoxy) is 3. The van der Waals surface area contributed by atoms with Gasteiger partial charge in [0.1, 0.15) is 18.3 Å². The number of nitrogens with one attached hydrogen (secondary N) is 1. The molecule has 0 bridgehead atoms. The number of carbonyl (C=O) groups excluding carboxylic acids is 2. The molecule has 10 nitrogen and oxygen atoms in total. The van der Waals surface area contributed by atoms with Crippen molar-refractivity contribution in [3.05, 3.63) is 113 Å². The number of benzene rings is 4. The maximum absolute atomic E-state index is 14.9. The maximum atomic E-state index is 14.9. The fraction of sp³-hybridized carbons (Fsp3) is 0.366. The monoisotopic (exact) mass is 727 g/mol. The SMILES string of the molecule is COc1cccc(CN(C(=O)CN(c2cc(C)cc(C)c2)S(=O)(=O)c2ccc(OC)c(OC)c2)[C@H](Cc2ccccc2)C(=O)NC2CCCCC2)c1. The molecule has 1 aliphatic carbocycles. The van der Waals surface area contributed by atoms with Gasteiger partial charge in [-0.2, -0.15) is 0 Å². The number of amides is 2. The molecule has 1 aliphatic rings. The van der Waals surface area contributed by atoms with E-state index >= 15 is 0 Å². The molecule has 276 valence electrons. The standard InChI is InChI=1S/C41H49N3O7S/c1-29-21-30(2)23-34(22-29)44(52(47,48)36-19-20-38(50-4)39(26-36)51-5)28-40(45)43(27-32-15-12-18-35(24-32)49-3)37(25-31-13-8-6-9-14-31)41(46)42-33-16-10-7-11-17-33/h6,8-9,12-15,18-24,26,33,37H,7,10-11,16-17,25,27-28H2,1-5H3,(H,42,46)/t37-/m1/s1. The largest absolute Gasteiger partial charge is 0.497 e. The quantitative estimate of drug-likeness (QED) is 0.147. The van der Waals surface area contributed by atoms with E-state index in [0.717, 1.165) is 58.7 Å². The Labute approximate surface area is 307 Å². The lowest BCUT2D eigenvalue weighted by atomic mass is 9.94.